The van der Waals surface area contributed by atoms with Crippen LogP contribution in [0.4, 0.5) is 0 Å². The first-order chi connectivity index (χ1) is 7.71. The number of hydrogen-bond donors (Lipinski definition) is 1. The molecule has 1 saturated heterocycles. The third kappa shape index (κ3) is 1.35. The van der Waals surface area contributed by atoms with E-state index in [9.17, 15) is 4.79 Å². The Labute approximate surface area is 98.7 Å². The number of carbonyl (C=O) groups excluding carboxylic acids is 1. The van der Waals surface area contributed by atoms with Crippen molar-refractivity contribution in [2.45, 2.75) is 18.4 Å². The molecule has 2 aliphatic rings. The Kier molecular flexibility index (Phi) is 2.19. The highest BCUT2D eigenvalue weighted by atomic mass is 35.5. The van der Waals surface area contributed by atoms with Gasteiger partial charge in [-0.15, -0.1) is 0 Å². The summed E-state index contributed by atoms with van der Waals surface area (Å²) in [7, 11) is 0. The minimum Gasteiger partial charge on any atom is -0.450 e. The second-order valence-corrected chi connectivity index (χ2v) is 4.88. The van der Waals surface area contributed by atoms with Crippen LogP contribution < -0.4 is 5.32 Å². The molecule has 2 N–H and O–H groups in total. The van der Waals surface area contributed by atoms with Crippen LogP contribution in [0, 0.1) is 0 Å². The van der Waals surface area contributed by atoms with Gasteiger partial charge in [0.1, 0.15) is 5.60 Å². The van der Waals surface area contributed by atoms with E-state index in [-0.39, 0.29) is 11.6 Å². The number of hydrogen-bond acceptors (Lipinski definition) is 2. The Morgan fingerprint density at radius 1 is 1.31 bits per heavy atom. The number of nitrogens with two attached hydrogens (primary N) is 1. The zero-order valence-corrected chi connectivity index (χ0v) is 9.59. The fourth-order valence-electron chi connectivity index (χ4n) is 2.68. The average molecular weight is 239 g/mol. The predicted octanol–water partition coefficient (Wildman–Crippen LogP) is 1.06. The Balaban J connectivity index is 2.11. The third-order valence-corrected chi connectivity index (χ3v) is 3.72. The van der Waals surface area contributed by atoms with Crippen LogP contribution >= 0.6 is 11.6 Å². The topological polar surface area (TPSA) is 42.9 Å². The summed E-state index contributed by atoms with van der Waals surface area (Å²) in [6.45, 7) is 2.02. The molecule has 0 atom stereocenters. The van der Waals surface area contributed by atoms with E-state index in [1.165, 1.54) is 0 Å². The first kappa shape index (κ1) is 10.1. The number of piperidine rings is 1. The molecule has 2 heterocycles. The number of rotatable bonds is 0. The zero-order chi connectivity index (χ0) is 11.2. The lowest BCUT2D eigenvalue weighted by molar-refractivity contribution is -0.668. The predicted molar refractivity (Wildman–Crippen MR) is 59.4 cm³/mol. The summed E-state index contributed by atoms with van der Waals surface area (Å²) in [6.07, 6.45) is 1.79. The summed E-state index contributed by atoms with van der Waals surface area (Å²) in [5.74, 6) is -0.223. The molecule has 2 aliphatic heterocycles. The molecule has 1 aromatic carbocycles. The molecule has 0 bridgehead atoms. The summed E-state index contributed by atoms with van der Waals surface area (Å²) in [6, 6.07) is 5.49. The SMILES string of the molecule is O=C1OC2(CC[NH2+]CC2)c2ccc(Cl)cc21. The first-order valence-electron chi connectivity index (χ1n) is 5.56. The van der Waals surface area contributed by atoms with Crippen molar-refractivity contribution in [3.05, 3.63) is 34.3 Å². The molecule has 0 amide bonds. The van der Waals surface area contributed by atoms with Crippen LogP contribution in [0.2, 0.25) is 5.02 Å². The van der Waals surface area contributed by atoms with E-state index in [2.05, 4.69) is 5.32 Å². The number of ether oxygens (including phenoxy) is 1. The Hall–Kier alpha value is -1.06. The standard InChI is InChI=1S/C12H12ClNO2/c13-8-1-2-10-9(7-8)11(15)16-12(10)3-5-14-6-4-12/h1-2,7,14H,3-6H2/p+1. The molecule has 0 aliphatic carbocycles. The van der Waals surface area contributed by atoms with Crippen LogP contribution in [-0.2, 0) is 10.3 Å². The van der Waals surface area contributed by atoms with Gasteiger partial charge in [0.25, 0.3) is 0 Å². The Morgan fingerprint density at radius 2 is 2.06 bits per heavy atom. The molecule has 0 saturated carbocycles. The van der Waals surface area contributed by atoms with Crippen molar-refractivity contribution in [1.29, 1.82) is 0 Å². The summed E-state index contributed by atoms with van der Waals surface area (Å²) >= 11 is 5.90. The monoisotopic (exact) mass is 238 g/mol. The van der Waals surface area contributed by atoms with Crippen LogP contribution in [0.3, 0.4) is 0 Å². The number of quaternary nitrogens is 1. The van der Waals surface area contributed by atoms with Crippen molar-refractivity contribution in [3.63, 3.8) is 0 Å². The minimum atomic E-state index is -0.369. The quantitative estimate of drug-likeness (QED) is 0.687. The fourth-order valence-corrected chi connectivity index (χ4v) is 2.85. The van der Waals surface area contributed by atoms with Gasteiger partial charge in [0.05, 0.1) is 18.7 Å². The number of fused-ring (bicyclic) bond motifs is 2. The van der Waals surface area contributed by atoms with Crippen LogP contribution in [0.1, 0.15) is 28.8 Å². The Morgan fingerprint density at radius 3 is 2.81 bits per heavy atom. The van der Waals surface area contributed by atoms with Gasteiger partial charge in [-0.05, 0) is 12.1 Å². The summed E-state index contributed by atoms with van der Waals surface area (Å²) in [5, 5.41) is 2.85. The second-order valence-electron chi connectivity index (χ2n) is 4.44. The van der Waals surface area contributed by atoms with Crippen LogP contribution in [0.5, 0.6) is 0 Å². The van der Waals surface area contributed by atoms with Gasteiger partial charge in [0, 0.05) is 23.4 Å². The highest BCUT2D eigenvalue weighted by molar-refractivity contribution is 6.31. The smallest absolute Gasteiger partial charge is 0.339 e. The zero-order valence-electron chi connectivity index (χ0n) is 8.83. The van der Waals surface area contributed by atoms with Crippen LogP contribution in [0.15, 0.2) is 18.2 Å². The first-order valence-corrected chi connectivity index (χ1v) is 5.94. The van der Waals surface area contributed by atoms with E-state index in [4.69, 9.17) is 16.3 Å². The van der Waals surface area contributed by atoms with Crippen molar-refractivity contribution in [2.24, 2.45) is 0 Å². The van der Waals surface area contributed by atoms with Gasteiger partial charge in [-0.25, -0.2) is 4.79 Å². The lowest BCUT2D eigenvalue weighted by atomic mass is 9.84. The van der Waals surface area contributed by atoms with Crippen LogP contribution in [0.25, 0.3) is 0 Å². The van der Waals surface area contributed by atoms with Crippen molar-refractivity contribution in [3.8, 4) is 0 Å². The highest BCUT2D eigenvalue weighted by Crippen LogP contribution is 2.42. The fraction of sp³-hybridized carbons (Fsp3) is 0.417. The minimum absolute atomic E-state index is 0.223. The number of carbonyl (C=O) groups is 1. The summed E-state index contributed by atoms with van der Waals surface area (Å²) in [4.78, 5) is 11.8. The molecule has 0 unspecified atom stereocenters. The van der Waals surface area contributed by atoms with E-state index < -0.39 is 0 Å². The molecule has 3 nitrogen and oxygen atoms in total. The lowest BCUT2D eigenvalue weighted by Gasteiger charge is -2.31. The van der Waals surface area contributed by atoms with Crippen molar-refractivity contribution in [2.75, 3.05) is 13.1 Å². The van der Waals surface area contributed by atoms with Crippen molar-refractivity contribution >= 4 is 17.6 Å². The molecule has 84 valence electrons. The van der Waals surface area contributed by atoms with Gasteiger partial charge in [-0.1, -0.05) is 17.7 Å². The van der Waals surface area contributed by atoms with E-state index >= 15 is 0 Å². The molecule has 16 heavy (non-hydrogen) atoms. The molecule has 0 radical (unpaired) electrons. The normalized spacial score (nSPS) is 21.9. The second kappa shape index (κ2) is 3.47. The molecule has 1 spiro atoms. The van der Waals surface area contributed by atoms with E-state index in [1.54, 1.807) is 6.07 Å². The van der Waals surface area contributed by atoms with Crippen molar-refractivity contribution < 1.29 is 14.8 Å². The van der Waals surface area contributed by atoms with Crippen LogP contribution in [-0.4, -0.2) is 19.1 Å². The largest absolute Gasteiger partial charge is 0.450 e. The van der Waals surface area contributed by atoms with Gasteiger partial charge in [0.2, 0.25) is 0 Å². The van der Waals surface area contributed by atoms with Gasteiger partial charge in [0.15, 0.2) is 0 Å². The molecular formula is C12H13ClNO2+. The maximum atomic E-state index is 11.8. The van der Waals surface area contributed by atoms with Gasteiger partial charge in [-0.3, -0.25) is 0 Å². The lowest BCUT2D eigenvalue weighted by Crippen LogP contribution is -2.87. The number of halogens is 1. The number of esters is 1. The summed E-state index contributed by atoms with van der Waals surface area (Å²) < 4.78 is 5.60. The van der Waals surface area contributed by atoms with E-state index in [0.29, 0.717) is 10.6 Å². The maximum absolute atomic E-state index is 11.8. The van der Waals surface area contributed by atoms with Gasteiger partial charge >= 0.3 is 5.97 Å². The number of benzene rings is 1. The Bertz CT molecular complexity index is 452. The van der Waals surface area contributed by atoms with E-state index in [1.807, 2.05) is 12.1 Å². The molecule has 1 fully saturated rings. The molecule has 4 heteroatoms. The third-order valence-electron chi connectivity index (χ3n) is 3.49. The van der Waals surface area contributed by atoms with Crippen molar-refractivity contribution in [1.82, 2.24) is 0 Å². The van der Waals surface area contributed by atoms with Gasteiger partial charge in [-0.2, -0.15) is 0 Å². The molecule has 0 aromatic heterocycles. The highest BCUT2D eigenvalue weighted by Gasteiger charge is 2.47. The molecule has 3 rings (SSSR count). The average Bonchev–Trinajstić information content (AvgIpc) is 2.53. The molecule has 1 aromatic rings. The molecular weight excluding hydrogens is 226 g/mol. The van der Waals surface area contributed by atoms with E-state index in [0.717, 1.165) is 31.5 Å². The summed E-state index contributed by atoms with van der Waals surface area (Å²) in [5.41, 5.74) is 1.30. The maximum Gasteiger partial charge on any atom is 0.339 e. The van der Waals surface area contributed by atoms with Gasteiger partial charge < -0.3 is 10.1 Å².